The number of carbonyl (C=O) groups is 3. The van der Waals surface area contributed by atoms with Crippen LogP contribution in [0.1, 0.15) is 30.4 Å². The van der Waals surface area contributed by atoms with Crippen LogP contribution < -0.4 is 21.1 Å². The Morgan fingerprint density at radius 2 is 1.71 bits per heavy atom. The lowest BCUT2D eigenvalue weighted by Crippen LogP contribution is -2.84. The van der Waals surface area contributed by atoms with Crippen LogP contribution in [0.4, 0.5) is 18.0 Å². The van der Waals surface area contributed by atoms with Crippen molar-refractivity contribution in [3.63, 3.8) is 0 Å². The largest absolute Gasteiger partial charge is 0.484 e. The molecular weight excluding hydrogens is 465 g/mol. The molecule has 4 amide bonds. The number of ether oxygens (including phenoxy) is 1. The Balaban J connectivity index is 1.40. The summed E-state index contributed by atoms with van der Waals surface area (Å²) < 4.78 is 44.9. The number of halogens is 3. The Bertz CT molecular complexity index is 1100. The number of nitrogens with two attached hydrogens (primary N) is 1. The first-order chi connectivity index (χ1) is 16.5. The van der Waals surface area contributed by atoms with Crippen LogP contribution in [0.15, 0.2) is 54.6 Å². The molecule has 0 heterocycles. The Morgan fingerprint density at radius 3 is 2.34 bits per heavy atom. The fourth-order valence-corrected chi connectivity index (χ4v) is 4.96. The second-order valence-corrected chi connectivity index (χ2v) is 9.08. The van der Waals surface area contributed by atoms with Crippen molar-refractivity contribution in [2.75, 3.05) is 13.2 Å². The number of amides is 4. The number of carbonyl (C=O) groups excluding carboxylic acids is 3. The van der Waals surface area contributed by atoms with E-state index in [-0.39, 0.29) is 25.6 Å². The normalized spacial score (nSPS) is 22.3. The third-order valence-corrected chi connectivity index (χ3v) is 6.40. The maximum Gasteiger partial charge on any atom is 0.416 e. The Labute approximate surface area is 199 Å². The summed E-state index contributed by atoms with van der Waals surface area (Å²) in [7, 11) is 0. The van der Waals surface area contributed by atoms with Crippen LogP contribution in [-0.2, 0) is 22.3 Å². The third-order valence-electron chi connectivity index (χ3n) is 6.40. The van der Waals surface area contributed by atoms with Gasteiger partial charge in [0.1, 0.15) is 5.75 Å². The molecule has 186 valence electrons. The number of nitrogens with zero attached hydrogens (tertiary/aromatic N) is 1. The molecule has 8 nitrogen and oxygen atoms in total. The van der Waals surface area contributed by atoms with Gasteiger partial charge in [-0.2, -0.15) is 13.2 Å². The first-order valence-electron chi connectivity index (χ1n) is 11.0. The average molecular weight is 490 g/mol. The lowest BCUT2D eigenvalue weighted by Gasteiger charge is -2.73. The van der Waals surface area contributed by atoms with Gasteiger partial charge in [-0.05, 0) is 49.1 Å². The SMILES string of the molecule is NC(=O)NCC(=O)N(Cc1cccc(C(F)(F)F)c1)C12CC(NC(=O)COc3ccccc3)(C1)C2. The molecule has 0 aliphatic heterocycles. The molecule has 0 radical (unpaired) electrons. The van der Waals surface area contributed by atoms with Crippen LogP contribution in [0.5, 0.6) is 5.75 Å². The van der Waals surface area contributed by atoms with E-state index in [1.165, 1.54) is 17.0 Å². The van der Waals surface area contributed by atoms with Crippen molar-refractivity contribution >= 4 is 17.8 Å². The molecule has 3 saturated carbocycles. The average Bonchev–Trinajstić information content (AvgIpc) is 2.76. The minimum absolute atomic E-state index is 0.0651. The number of hydrogen-bond acceptors (Lipinski definition) is 4. The zero-order valence-electron chi connectivity index (χ0n) is 18.7. The number of alkyl halides is 3. The van der Waals surface area contributed by atoms with E-state index in [9.17, 15) is 27.6 Å². The molecular formula is C24H25F3N4O4. The van der Waals surface area contributed by atoms with Gasteiger partial charge in [0.15, 0.2) is 6.61 Å². The summed E-state index contributed by atoms with van der Waals surface area (Å²) in [6.07, 6.45) is -3.14. The van der Waals surface area contributed by atoms with Crippen molar-refractivity contribution in [2.45, 2.75) is 43.1 Å². The Kier molecular flexibility index (Phi) is 6.35. The molecule has 0 saturated heterocycles. The first kappa shape index (κ1) is 24.4. The summed E-state index contributed by atoms with van der Waals surface area (Å²) in [5.74, 6) is -0.196. The van der Waals surface area contributed by atoms with Crippen LogP contribution in [0.25, 0.3) is 0 Å². The maximum absolute atomic E-state index is 13.1. The summed E-state index contributed by atoms with van der Waals surface area (Å²) in [4.78, 5) is 37.8. The second kappa shape index (κ2) is 9.12. The Hall–Kier alpha value is -3.76. The van der Waals surface area contributed by atoms with Crippen molar-refractivity contribution < 1.29 is 32.3 Å². The number of benzene rings is 2. The number of rotatable bonds is 9. The van der Waals surface area contributed by atoms with Gasteiger partial charge in [-0.15, -0.1) is 0 Å². The van der Waals surface area contributed by atoms with Crippen LogP contribution in [0.2, 0.25) is 0 Å². The molecule has 35 heavy (non-hydrogen) atoms. The smallest absolute Gasteiger partial charge is 0.416 e. The fourth-order valence-electron chi connectivity index (χ4n) is 4.96. The van der Waals surface area contributed by atoms with Gasteiger partial charge in [0, 0.05) is 17.6 Å². The molecule has 11 heteroatoms. The van der Waals surface area contributed by atoms with Gasteiger partial charge in [0.2, 0.25) is 5.91 Å². The molecule has 0 unspecified atom stereocenters. The molecule has 2 aromatic carbocycles. The van der Waals surface area contributed by atoms with Crippen LogP contribution >= 0.6 is 0 Å². The van der Waals surface area contributed by atoms with E-state index in [1.54, 1.807) is 24.3 Å². The van der Waals surface area contributed by atoms with E-state index >= 15 is 0 Å². The zero-order valence-corrected chi connectivity index (χ0v) is 18.7. The standard InChI is InChI=1S/C24H25F3N4O4/c25-24(26,27)17-6-4-5-16(9-17)11-31(20(33)10-29-21(28)34)23-13-22(14-23,15-23)30-19(32)12-35-18-7-2-1-3-8-18/h1-9H,10-15H2,(H,30,32)(H3,28,29,34). The maximum atomic E-state index is 13.1. The molecule has 4 N–H and O–H groups in total. The van der Waals surface area contributed by atoms with Crippen molar-refractivity contribution in [2.24, 2.45) is 5.73 Å². The van der Waals surface area contributed by atoms with Gasteiger partial charge in [-0.1, -0.05) is 30.3 Å². The molecule has 3 aliphatic rings. The van der Waals surface area contributed by atoms with Crippen LogP contribution in [0, 0.1) is 0 Å². The van der Waals surface area contributed by atoms with Gasteiger partial charge in [0.05, 0.1) is 12.1 Å². The van der Waals surface area contributed by atoms with Crippen LogP contribution in [-0.4, -0.2) is 47.0 Å². The number of urea groups is 1. The van der Waals surface area contributed by atoms with E-state index in [0.29, 0.717) is 30.6 Å². The number of para-hydroxylation sites is 1. The number of nitrogens with one attached hydrogen (secondary N) is 2. The van der Waals surface area contributed by atoms with Gasteiger partial charge >= 0.3 is 12.2 Å². The van der Waals surface area contributed by atoms with E-state index in [4.69, 9.17) is 10.5 Å². The summed E-state index contributed by atoms with van der Waals surface area (Å²) >= 11 is 0. The van der Waals surface area contributed by atoms with Crippen molar-refractivity contribution in [3.8, 4) is 5.75 Å². The minimum atomic E-state index is -4.51. The summed E-state index contributed by atoms with van der Waals surface area (Å²) in [5.41, 5.74) is 3.47. The predicted octanol–water partition coefficient (Wildman–Crippen LogP) is 2.57. The third kappa shape index (κ3) is 5.33. The fraction of sp³-hybridized carbons (Fsp3) is 0.375. The molecule has 0 spiro atoms. The van der Waals surface area contributed by atoms with Gasteiger partial charge < -0.3 is 26.0 Å². The summed E-state index contributed by atoms with van der Waals surface area (Å²) in [6.45, 7) is -0.598. The van der Waals surface area contributed by atoms with Gasteiger partial charge in [-0.25, -0.2) is 4.79 Å². The molecule has 3 aliphatic carbocycles. The first-order valence-corrected chi connectivity index (χ1v) is 11.0. The Morgan fingerprint density at radius 1 is 1.03 bits per heavy atom. The number of hydrogen-bond donors (Lipinski definition) is 3. The highest BCUT2D eigenvalue weighted by Gasteiger charge is 2.71. The van der Waals surface area contributed by atoms with E-state index in [2.05, 4.69) is 10.6 Å². The lowest BCUT2D eigenvalue weighted by molar-refractivity contribution is -0.193. The van der Waals surface area contributed by atoms with E-state index < -0.39 is 34.8 Å². The zero-order chi connectivity index (χ0) is 25.3. The molecule has 5 rings (SSSR count). The monoisotopic (exact) mass is 490 g/mol. The highest BCUT2D eigenvalue weighted by molar-refractivity contribution is 5.85. The van der Waals surface area contributed by atoms with Crippen molar-refractivity contribution in [3.05, 3.63) is 65.7 Å². The van der Waals surface area contributed by atoms with Gasteiger partial charge in [-0.3, -0.25) is 9.59 Å². The quantitative estimate of drug-likeness (QED) is 0.501. The predicted molar refractivity (Wildman–Crippen MR) is 119 cm³/mol. The minimum Gasteiger partial charge on any atom is -0.484 e. The highest BCUT2D eigenvalue weighted by atomic mass is 19.4. The topological polar surface area (TPSA) is 114 Å². The van der Waals surface area contributed by atoms with E-state index in [0.717, 1.165) is 12.1 Å². The number of primary amides is 1. The van der Waals surface area contributed by atoms with Crippen molar-refractivity contribution in [1.29, 1.82) is 0 Å². The molecule has 3 fully saturated rings. The lowest BCUT2D eigenvalue weighted by atomic mass is 9.43. The molecule has 2 aromatic rings. The summed E-state index contributed by atoms with van der Waals surface area (Å²) in [5, 5.41) is 5.19. The second-order valence-electron chi connectivity index (χ2n) is 9.08. The summed E-state index contributed by atoms with van der Waals surface area (Å²) in [6, 6.07) is 12.8. The van der Waals surface area contributed by atoms with Crippen LogP contribution in [0.3, 0.4) is 0 Å². The van der Waals surface area contributed by atoms with E-state index in [1.807, 2.05) is 6.07 Å². The molecule has 0 atom stereocenters. The highest BCUT2D eigenvalue weighted by Crippen LogP contribution is 2.63. The van der Waals surface area contributed by atoms with Gasteiger partial charge in [0.25, 0.3) is 5.91 Å². The molecule has 0 aromatic heterocycles. The molecule has 2 bridgehead atoms. The van der Waals surface area contributed by atoms with Crippen molar-refractivity contribution in [1.82, 2.24) is 15.5 Å².